The van der Waals surface area contributed by atoms with Crippen LogP contribution in [0.3, 0.4) is 0 Å². The first-order chi connectivity index (χ1) is 18.5. The number of hydrogen-bond acceptors (Lipinski definition) is 6. The van der Waals surface area contributed by atoms with Gasteiger partial charge in [-0.2, -0.15) is 9.78 Å². The van der Waals surface area contributed by atoms with Gasteiger partial charge in [0.25, 0.3) is 5.56 Å². The van der Waals surface area contributed by atoms with Crippen LogP contribution >= 0.6 is 11.3 Å². The number of amides is 1. The Labute approximate surface area is 223 Å². The number of aryl methyl sites for hydroxylation is 1. The second-order valence-electron chi connectivity index (χ2n) is 8.72. The summed E-state index contributed by atoms with van der Waals surface area (Å²) in [6.07, 6.45) is 0. The van der Waals surface area contributed by atoms with Crippen molar-refractivity contribution in [2.75, 3.05) is 11.9 Å². The fourth-order valence-corrected chi connectivity index (χ4v) is 5.34. The fraction of sp³-hybridized carbons (Fsp3) is 0.133. The average Bonchev–Trinajstić information content (AvgIpc) is 3.34. The Morgan fingerprint density at radius 1 is 0.974 bits per heavy atom. The van der Waals surface area contributed by atoms with E-state index in [2.05, 4.69) is 10.4 Å². The highest BCUT2D eigenvalue weighted by molar-refractivity contribution is 7.16. The normalized spacial score (nSPS) is 11.0. The molecule has 0 fully saturated rings. The van der Waals surface area contributed by atoms with Crippen LogP contribution in [0.4, 0.5) is 5.00 Å². The van der Waals surface area contributed by atoms with Crippen LogP contribution in [-0.2, 0) is 9.53 Å². The molecule has 1 N–H and O–H groups in total. The Morgan fingerprint density at radius 2 is 1.63 bits per heavy atom. The minimum absolute atomic E-state index is 0.0161. The number of thiophene rings is 1. The van der Waals surface area contributed by atoms with Gasteiger partial charge in [0.1, 0.15) is 5.00 Å². The number of hydrogen-bond donors (Lipinski definition) is 1. The molecule has 38 heavy (non-hydrogen) atoms. The second-order valence-corrected chi connectivity index (χ2v) is 9.60. The van der Waals surface area contributed by atoms with Crippen LogP contribution in [0.1, 0.15) is 40.0 Å². The molecule has 0 radical (unpaired) electrons. The lowest BCUT2D eigenvalue weighted by atomic mass is 9.90. The molecule has 0 spiro atoms. The van der Waals surface area contributed by atoms with E-state index in [1.165, 1.54) is 16.0 Å². The summed E-state index contributed by atoms with van der Waals surface area (Å²) in [6.45, 7) is 3.77. The summed E-state index contributed by atoms with van der Waals surface area (Å²) in [4.78, 5) is 40.4. The van der Waals surface area contributed by atoms with E-state index < -0.39 is 17.4 Å². The van der Waals surface area contributed by atoms with Crippen LogP contribution < -0.4 is 10.9 Å². The lowest BCUT2D eigenvalue weighted by molar-refractivity contribution is -0.116. The van der Waals surface area contributed by atoms with Crippen molar-refractivity contribution in [3.05, 3.63) is 123 Å². The smallest absolute Gasteiger partial charge is 0.359 e. The summed E-state index contributed by atoms with van der Waals surface area (Å²) >= 11 is 1.18. The maximum Gasteiger partial charge on any atom is 0.359 e. The van der Waals surface area contributed by atoms with Crippen LogP contribution in [0.15, 0.2) is 95.1 Å². The van der Waals surface area contributed by atoms with Gasteiger partial charge in [0.05, 0.1) is 23.6 Å². The molecule has 7 nitrogen and oxygen atoms in total. The number of rotatable bonds is 7. The lowest BCUT2D eigenvalue weighted by Crippen LogP contribution is -2.26. The van der Waals surface area contributed by atoms with E-state index in [0.717, 1.165) is 16.7 Å². The molecule has 0 bridgehead atoms. The minimum atomic E-state index is -0.638. The van der Waals surface area contributed by atoms with Crippen molar-refractivity contribution in [2.24, 2.45) is 0 Å². The maximum absolute atomic E-state index is 13.8. The summed E-state index contributed by atoms with van der Waals surface area (Å²) in [6, 6.07) is 26.2. The largest absolute Gasteiger partial charge is 0.461 e. The molecule has 8 heteroatoms. The Bertz CT molecular complexity index is 1640. The molecule has 3 aromatic carbocycles. The number of esters is 1. The number of nitrogens with one attached hydrogen (secondary N) is 1. The molecule has 0 aliphatic heterocycles. The van der Waals surface area contributed by atoms with Gasteiger partial charge in [-0.25, -0.2) is 4.79 Å². The molecule has 1 amide bonds. The summed E-state index contributed by atoms with van der Waals surface area (Å²) in [5, 5.41) is 9.91. The number of anilines is 1. The van der Waals surface area contributed by atoms with Crippen LogP contribution in [0.2, 0.25) is 0 Å². The zero-order valence-corrected chi connectivity index (χ0v) is 21.7. The Balaban J connectivity index is 1.65. The molecule has 190 valence electrons. The zero-order valence-electron chi connectivity index (χ0n) is 20.9. The first-order valence-corrected chi connectivity index (χ1v) is 13.1. The highest BCUT2D eigenvalue weighted by atomic mass is 32.1. The Hall–Kier alpha value is -4.56. The number of carbonyl (C=O) groups is 2. The van der Waals surface area contributed by atoms with Crippen LogP contribution in [0.5, 0.6) is 0 Å². The molecule has 0 atom stereocenters. The number of nitrogens with zero attached hydrogens (tertiary/aromatic N) is 2. The third-order valence-electron chi connectivity index (χ3n) is 6.13. The second kappa shape index (κ2) is 10.8. The minimum Gasteiger partial charge on any atom is -0.461 e. The topological polar surface area (TPSA) is 90.3 Å². The van der Waals surface area contributed by atoms with E-state index in [1.54, 1.807) is 24.4 Å². The summed E-state index contributed by atoms with van der Waals surface area (Å²) in [5.74, 6) is -1.52. The number of ether oxygens (including phenoxy) is 1. The number of aromatic nitrogens is 2. The van der Waals surface area contributed by atoms with Crippen molar-refractivity contribution < 1.29 is 14.3 Å². The third kappa shape index (κ3) is 4.86. The SMILES string of the molecule is CCOC(=O)c1nn(-c2cccc(C)c2)c(=O)c2c(NC(=O)C(c3ccccc3)c3ccccc3)scc12. The lowest BCUT2D eigenvalue weighted by Gasteiger charge is -2.17. The molecule has 0 saturated heterocycles. The van der Waals surface area contributed by atoms with Crippen molar-refractivity contribution in [3.63, 3.8) is 0 Å². The first kappa shape index (κ1) is 25.1. The van der Waals surface area contributed by atoms with E-state index in [4.69, 9.17) is 4.74 Å². The van der Waals surface area contributed by atoms with Crippen LogP contribution in [0, 0.1) is 6.92 Å². The highest BCUT2D eigenvalue weighted by Crippen LogP contribution is 2.33. The van der Waals surface area contributed by atoms with Crippen LogP contribution in [-0.4, -0.2) is 28.3 Å². The summed E-state index contributed by atoms with van der Waals surface area (Å²) < 4.78 is 6.43. The number of fused-ring (bicyclic) bond motifs is 1. The molecule has 0 unspecified atom stereocenters. The van der Waals surface area contributed by atoms with Crippen molar-refractivity contribution in [3.8, 4) is 5.69 Å². The van der Waals surface area contributed by atoms with Gasteiger partial charge in [-0.1, -0.05) is 72.8 Å². The van der Waals surface area contributed by atoms with Gasteiger partial charge in [-0.3, -0.25) is 9.59 Å². The van der Waals surface area contributed by atoms with Gasteiger partial charge in [-0.05, 0) is 42.7 Å². The Morgan fingerprint density at radius 3 is 2.24 bits per heavy atom. The molecular formula is C30H25N3O4S. The number of carbonyl (C=O) groups excluding carboxylic acids is 2. The van der Waals surface area contributed by atoms with E-state index in [-0.39, 0.29) is 23.6 Å². The zero-order chi connectivity index (χ0) is 26.6. The van der Waals surface area contributed by atoms with Crippen molar-refractivity contribution >= 4 is 39.0 Å². The molecule has 0 saturated carbocycles. The molecule has 2 heterocycles. The third-order valence-corrected chi connectivity index (χ3v) is 7.03. The maximum atomic E-state index is 13.8. The van der Waals surface area contributed by atoms with Crippen LogP contribution in [0.25, 0.3) is 16.5 Å². The average molecular weight is 524 g/mol. The summed E-state index contributed by atoms with van der Waals surface area (Å²) in [7, 11) is 0. The predicted molar refractivity (Wildman–Crippen MR) is 149 cm³/mol. The standard InChI is InChI=1S/C30H25N3O4S/c1-3-37-30(36)26-23-18-38-28(25(23)29(35)33(32-26)22-16-10-11-19(2)17-22)31-27(34)24(20-12-6-4-7-13-20)21-14-8-5-9-15-21/h4-18,24H,3H2,1-2H3,(H,31,34). The Kier molecular flexibility index (Phi) is 7.15. The monoisotopic (exact) mass is 523 g/mol. The van der Waals surface area contributed by atoms with Gasteiger partial charge in [0.15, 0.2) is 5.69 Å². The predicted octanol–water partition coefficient (Wildman–Crippen LogP) is 5.70. The van der Waals surface area contributed by atoms with E-state index in [1.807, 2.05) is 79.7 Å². The van der Waals surface area contributed by atoms with Crippen molar-refractivity contribution in [1.82, 2.24) is 9.78 Å². The number of benzene rings is 3. The molecule has 0 aliphatic rings. The van der Waals surface area contributed by atoms with Gasteiger partial charge in [0.2, 0.25) is 5.91 Å². The molecule has 2 aromatic heterocycles. The first-order valence-electron chi connectivity index (χ1n) is 12.2. The molecule has 5 aromatic rings. The quantitative estimate of drug-likeness (QED) is 0.276. The fourth-order valence-electron chi connectivity index (χ4n) is 4.40. The highest BCUT2D eigenvalue weighted by Gasteiger charge is 2.27. The van der Waals surface area contributed by atoms with Crippen molar-refractivity contribution in [2.45, 2.75) is 19.8 Å². The molecule has 5 rings (SSSR count). The van der Waals surface area contributed by atoms with Gasteiger partial charge < -0.3 is 10.1 Å². The van der Waals surface area contributed by atoms with E-state index in [9.17, 15) is 14.4 Å². The van der Waals surface area contributed by atoms with Gasteiger partial charge in [0, 0.05) is 10.8 Å². The van der Waals surface area contributed by atoms with Gasteiger partial charge >= 0.3 is 5.97 Å². The summed E-state index contributed by atoms with van der Waals surface area (Å²) in [5.41, 5.74) is 2.67. The molecular weight excluding hydrogens is 498 g/mol. The van der Waals surface area contributed by atoms with Crippen molar-refractivity contribution in [1.29, 1.82) is 0 Å². The van der Waals surface area contributed by atoms with E-state index in [0.29, 0.717) is 16.1 Å². The molecule has 0 aliphatic carbocycles. The van der Waals surface area contributed by atoms with E-state index >= 15 is 0 Å². The van der Waals surface area contributed by atoms with Gasteiger partial charge in [-0.15, -0.1) is 11.3 Å².